The molecule has 0 saturated heterocycles. The van der Waals surface area contributed by atoms with Crippen LogP contribution in [0.5, 0.6) is 11.5 Å². The van der Waals surface area contributed by atoms with Crippen LogP contribution in [-0.2, 0) is 11.2 Å². The molecule has 146 valence electrons. The van der Waals surface area contributed by atoms with Gasteiger partial charge in [0.25, 0.3) is 11.6 Å². The monoisotopic (exact) mass is 395 g/mol. The van der Waals surface area contributed by atoms with Crippen molar-refractivity contribution in [2.45, 2.75) is 20.3 Å². The lowest BCUT2D eigenvalue weighted by Crippen LogP contribution is -2.15. The molecule has 0 aliphatic heterocycles. The van der Waals surface area contributed by atoms with E-state index in [4.69, 9.17) is 14.2 Å². The molecule has 0 aliphatic rings. The molecule has 9 nitrogen and oxygen atoms in total. The van der Waals surface area contributed by atoms with Crippen molar-refractivity contribution in [1.82, 2.24) is 4.98 Å². The maximum atomic E-state index is 12.6. The van der Waals surface area contributed by atoms with E-state index in [1.165, 1.54) is 37.7 Å². The van der Waals surface area contributed by atoms with Gasteiger partial charge in [0.1, 0.15) is 12.2 Å². The lowest BCUT2D eigenvalue weighted by molar-refractivity contribution is -0.385. The SMILES string of the molecule is CCc1nc(NC(=O)c2cc(OC)c(OCCOC)cc2[N+](=O)[O-])sc1C. The number of carbonyl (C=O) groups is 1. The van der Waals surface area contributed by atoms with Crippen LogP contribution in [0.3, 0.4) is 0 Å². The fraction of sp³-hybridized carbons (Fsp3) is 0.412. The van der Waals surface area contributed by atoms with Crippen LogP contribution in [0, 0.1) is 17.0 Å². The molecule has 0 radical (unpaired) electrons. The first kappa shape index (κ1) is 20.6. The van der Waals surface area contributed by atoms with Crippen molar-refractivity contribution in [1.29, 1.82) is 0 Å². The van der Waals surface area contributed by atoms with Crippen LogP contribution in [0.1, 0.15) is 27.9 Å². The summed E-state index contributed by atoms with van der Waals surface area (Å²) in [5.41, 5.74) is 0.357. The van der Waals surface area contributed by atoms with Gasteiger partial charge < -0.3 is 14.2 Å². The van der Waals surface area contributed by atoms with E-state index in [1.54, 1.807) is 0 Å². The van der Waals surface area contributed by atoms with Gasteiger partial charge in [-0.15, -0.1) is 11.3 Å². The Morgan fingerprint density at radius 3 is 2.59 bits per heavy atom. The fourth-order valence-corrected chi connectivity index (χ4v) is 3.26. The maximum absolute atomic E-state index is 12.6. The quantitative estimate of drug-likeness (QED) is 0.394. The van der Waals surface area contributed by atoms with Crippen molar-refractivity contribution >= 4 is 28.1 Å². The average Bonchev–Trinajstić information content (AvgIpc) is 3.00. The Bertz CT molecular complexity index is 836. The average molecular weight is 395 g/mol. The number of amides is 1. The van der Waals surface area contributed by atoms with Gasteiger partial charge in [0.15, 0.2) is 16.6 Å². The third kappa shape index (κ3) is 4.92. The minimum Gasteiger partial charge on any atom is -0.493 e. The normalized spacial score (nSPS) is 10.5. The van der Waals surface area contributed by atoms with Gasteiger partial charge in [-0.3, -0.25) is 20.2 Å². The summed E-state index contributed by atoms with van der Waals surface area (Å²) in [5.74, 6) is -0.262. The molecule has 1 aromatic heterocycles. The van der Waals surface area contributed by atoms with Crippen molar-refractivity contribution < 1.29 is 23.9 Å². The molecular weight excluding hydrogens is 374 g/mol. The van der Waals surface area contributed by atoms with Gasteiger partial charge in [0.05, 0.1) is 30.4 Å². The summed E-state index contributed by atoms with van der Waals surface area (Å²) in [5, 5.41) is 14.5. The number of aromatic nitrogens is 1. The number of aryl methyl sites for hydroxylation is 2. The molecule has 0 aliphatic carbocycles. The van der Waals surface area contributed by atoms with E-state index in [2.05, 4.69) is 10.3 Å². The summed E-state index contributed by atoms with van der Waals surface area (Å²) in [7, 11) is 2.91. The molecule has 2 rings (SSSR count). The summed E-state index contributed by atoms with van der Waals surface area (Å²) in [6.07, 6.45) is 0.736. The predicted octanol–water partition coefficient (Wildman–Crippen LogP) is 3.21. The van der Waals surface area contributed by atoms with E-state index in [0.29, 0.717) is 11.7 Å². The van der Waals surface area contributed by atoms with E-state index < -0.39 is 10.8 Å². The number of anilines is 1. The molecule has 2 aromatic rings. The molecule has 10 heteroatoms. The molecule has 0 spiro atoms. The molecule has 0 unspecified atom stereocenters. The van der Waals surface area contributed by atoms with Gasteiger partial charge in [-0.25, -0.2) is 4.98 Å². The summed E-state index contributed by atoms with van der Waals surface area (Å²) in [6.45, 7) is 4.37. The fourth-order valence-electron chi connectivity index (χ4n) is 2.36. The highest BCUT2D eigenvalue weighted by Crippen LogP contribution is 2.35. The molecule has 1 N–H and O–H groups in total. The molecule has 1 heterocycles. The molecule has 1 aromatic carbocycles. The van der Waals surface area contributed by atoms with Crippen LogP contribution >= 0.6 is 11.3 Å². The zero-order valence-electron chi connectivity index (χ0n) is 15.5. The number of nitrogens with one attached hydrogen (secondary N) is 1. The number of carbonyl (C=O) groups excluding carboxylic acids is 1. The van der Waals surface area contributed by atoms with Gasteiger partial charge in [0, 0.05) is 18.1 Å². The van der Waals surface area contributed by atoms with Crippen molar-refractivity contribution in [3.05, 3.63) is 38.4 Å². The number of rotatable bonds is 9. The molecule has 0 saturated carbocycles. The minimum absolute atomic E-state index is 0.137. The van der Waals surface area contributed by atoms with Crippen molar-refractivity contribution in [3.8, 4) is 11.5 Å². The summed E-state index contributed by atoms with van der Waals surface area (Å²) < 4.78 is 15.6. The number of ether oxygens (including phenoxy) is 3. The topological polar surface area (TPSA) is 113 Å². The smallest absolute Gasteiger partial charge is 0.286 e. The lowest BCUT2D eigenvalue weighted by atomic mass is 10.1. The Kier molecular flexibility index (Phi) is 7.08. The van der Waals surface area contributed by atoms with Gasteiger partial charge in [-0.2, -0.15) is 0 Å². The van der Waals surface area contributed by atoms with E-state index in [9.17, 15) is 14.9 Å². The number of nitro groups is 1. The first-order valence-electron chi connectivity index (χ1n) is 8.17. The number of hydrogen-bond acceptors (Lipinski definition) is 8. The van der Waals surface area contributed by atoms with Crippen LogP contribution in [0.2, 0.25) is 0 Å². The molecule has 0 fully saturated rings. The molecule has 1 amide bonds. The predicted molar refractivity (Wildman–Crippen MR) is 101 cm³/mol. The van der Waals surface area contributed by atoms with E-state index in [1.807, 2.05) is 13.8 Å². The lowest BCUT2D eigenvalue weighted by Gasteiger charge is -2.12. The van der Waals surface area contributed by atoms with Crippen LogP contribution < -0.4 is 14.8 Å². The Morgan fingerprint density at radius 1 is 1.30 bits per heavy atom. The molecular formula is C17H21N3O6S. The largest absolute Gasteiger partial charge is 0.493 e. The van der Waals surface area contributed by atoms with Crippen LogP contribution in [0.4, 0.5) is 10.8 Å². The highest BCUT2D eigenvalue weighted by atomic mass is 32.1. The van der Waals surface area contributed by atoms with Crippen molar-refractivity contribution in [2.75, 3.05) is 32.8 Å². The van der Waals surface area contributed by atoms with Crippen molar-refractivity contribution in [2.24, 2.45) is 0 Å². The van der Waals surface area contributed by atoms with E-state index >= 15 is 0 Å². The van der Waals surface area contributed by atoms with Crippen LogP contribution in [0.25, 0.3) is 0 Å². The first-order valence-corrected chi connectivity index (χ1v) is 8.98. The van der Waals surface area contributed by atoms with Gasteiger partial charge in [-0.1, -0.05) is 6.92 Å². The molecule has 27 heavy (non-hydrogen) atoms. The third-order valence-electron chi connectivity index (χ3n) is 3.72. The van der Waals surface area contributed by atoms with E-state index in [0.717, 1.165) is 17.0 Å². The summed E-state index contributed by atoms with van der Waals surface area (Å²) in [6, 6.07) is 2.46. The molecule has 0 atom stereocenters. The zero-order chi connectivity index (χ0) is 20.0. The second kappa shape index (κ2) is 9.28. The second-order valence-corrected chi connectivity index (χ2v) is 6.65. The Morgan fingerprint density at radius 2 is 2.04 bits per heavy atom. The van der Waals surface area contributed by atoms with Crippen LogP contribution in [-0.4, -0.2) is 43.2 Å². The summed E-state index contributed by atoms with van der Waals surface area (Å²) >= 11 is 1.32. The number of methoxy groups -OCH3 is 2. The van der Waals surface area contributed by atoms with Gasteiger partial charge >= 0.3 is 0 Å². The highest BCUT2D eigenvalue weighted by molar-refractivity contribution is 7.15. The summed E-state index contributed by atoms with van der Waals surface area (Å²) in [4.78, 5) is 28.8. The minimum atomic E-state index is -0.639. The van der Waals surface area contributed by atoms with Crippen LogP contribution in [0.15, 0.2) is 12.1 Å². The van der Waals surface area contributed by atoms with Gasteiger partial charge in [0.2, 0.25) is 0 Å². The molecule has 0 bridgehead atoms. The first-order chi connectivity index (χ1) is 12.9. The van der Waals surface area contributed by atoms with Gasteiger partial charge in [-0.05, 0) is 13.3 Å². The second-order valence-electron chi connectivity index (χ2n) is 5.45. The number of hydrogen-bond donors (Lipinski definition) is 1. The number of nitro benzene ring substituents is 1. The number of benzene rings is 1. The Balaban J connectivity index is 2.35. The third-order valence-corrected chi connectivity index (χ3v) is 4.64. The Hall–Kier alpha value is -2.72. The zero-order valence-corrected chi connectivity index (χ0v) is 16.3. The highest BCUT2D eigenvalue weighted by Gasteiger charge is 2.25. The number of thiazole rings is 1. The maximum Gasteiger partial charge on any atom is 0.286 e. The standard InChI is InChI=1S/C17H21N3O6S/c1-5-12-10(2)27-17(18-12)19-16(21)11-8-14(25-4)15(26-7-6-24-3)9-13(11)20(22)23/h8-9H,5-7H2,1-4H3,(H,18,19,21). The van der Waals surface area contributed by atoms with E-state index in [-0.39, 0.29) is 29.4 Å². The Labute approximate surface area is 160 Å². The van der Waals surface area contributed by atoms with Crippen molar-refractivity contribution in [3.63, 3.8) is 0 Å². The number of nitrogens with zero attached hydrogens (tertiary/aromatic N) is 2.